The van der Waals surface area contributed by atoms with Crippen molar-refractivity contribution in [2.24, 2.45) is 0 Å². The van der Waals surface area contributed by atoms with Gasteiger partial charge in [0, 0.05) is 27.1 Å². The molecule has 2 N–H and O–H groups in total. The maximum Gasteiger partial charge on any atom is 0.317 e. The Kier molecular flexibility index (Phi) is 6.02. The SMILES string of the molecule is CNC(=O)CCN(C)C(=O)N[C@@H](C)c1ccc2c(c1)CCCC2. The summed E-state index contributed by atoms with van der Waals surface area (Å²) in [5.74, 6) is -0.0626. The monoisotopic (exact) mass is 317 g/mol. The Balaban J connectivity index is 1.91. The maximum atomic E-state index is 12.2. The van der Waals surface area contributed by atoms with Crippen LogP contribution in [0.3, 0.4) is 0 Å². The fourth-order valence-corrected chi connectivity index (χ4v) is 2.90. The van der Waals surface area contributed by atoms with Crippen LogP contribution in [0.25, 0.3) is 0 Å². The number of carbonyl (C=O) groups is 2. The zero-order valence-corrected chi connectivity index (χ0v) is 14.3. The molecule has 1 aliphatic carbocycles. The quantitative estimate of drug-likeness (QED) is 0.876. The summed E-state index contributed by atoms with van der Waals surface area (Å²) in [7, 11) is 3.30. The standard InChI is InChI=1S/C18H27N3O2/c1-13(20-18(23)21(3)11-10-17(22)19-2)15-9-8-14-6-4-5-7-16(14)12-15/h8-9,12-13H,4-7,10-11H2,1-3H3,(H,19,22)(H,20,23)/t13-/m0/s1. The fraction of sp³-hybridized carbons (Fsp3) is 0.556. The van der Waals surface area contributed by atoms with Gasteiger partial charge in [0.25, 0.3) is 0 Å². The molecule has 5 heteroatoms. The lowest BCUT2D eigenvalue weighted by atomic mass is 9.89. The third-order valence-corrected chi connectivity index (χ3v) is 4.51. The molecule has 0 spiro atoms. The van der Waals surface area contributed by atoms with Crippen LogP contribution >= 0.6 is 0 Å². The van der Waals surface area contributed by atoms with Gasteiger partial charge in [-0.05, 0) is 49.3 Å². The van der Waals surface area contributed by atoms with Gasteiger partial charge in [0.15, 0.2) is 0 Å². The number of carbonyl (C=O) groups excluding carboxylic acids is 2. The van der Waals surface area contributed by atoms with Crippen molar-refractivity contribution < 1.29 is 9.59 Å². The zero-order valence-electron chi connectivity index (χ0n) is 14.3. The van der Waals surface area contributed by atoms with E-state index in [2.05, 4.69) is 28.8 Å². The van der Waals surface area contributed by atoms with Crippen molar-refractivity contribution in [3.8, 4) is 0 Å². The molecule has 0 bridgehead atoms. The zero-order chi connectivity index (χ0) is 16.8. The van der Waals surface area contributed by atoms with Crippen molar-refractivity contribution in [2.45, 2.75) is 45.1 Å². The van der Waals surface area contributed by atoms with Crippen LogP contribution in [0, 0.1) is 0 Å². The lowest BCUT2D eigenvalue weighted by Crippen LogP contribution is -2.40. The van der Waals surface area contributed by atoms with E-state index in [4.69, 9.17) is 0 Å². The molecule has 1 aromatic carbocycles. The van der Waals surface area contributed by atoms with Crippen molar-refractivity contribution in [3.63, 3.8) is 0 Å². The maximum absolute atomic E-state index is 12.2. The van der Waals surface area contributed by atoms with Gasteiger partial charge in [-0.15, -0.1) is 0 Å². The van der Waals surface area contributed by atoms with Gasteiger partial charge in [0.05, 0.1) is 6.04 Å². The smallest absolute Gasteiger partial charge is 0.317 e. The number of aryl methyl sites for hydroxylation is 2. The van der Waals surface area contributed by atoms with Crippen molar-refractivity contribution in [1.29, 1.82) is 0 Å². The van der Waals surface area contributed by atoms with Gasteiger partial charge in [-0.2, -0.15) is 0 Å². The number of nitrogens with one attached hydrogen (secondary N) is 2. The van der Waals surface area contributed by atoms with Crippen LogP contribution in [0.5, 0.6) is 0 Å². The van der Waals surface area contributed by atoms with E-state index in [-0.39, 0.29) is 18.0 Å². The summed E-state index contributed by atoms with van der Waals surface area (Å²) in [6, 6.07) is 6.34. The highest BCUT2D eigenvalue weighted by molar-refractivity contribution is 5.78. The Morgan fingerprint density at radius 2 is 1.91 bits per heavy atom. The van der Waals surface area contributed by atoms with Crippen molar-refractivity contribution >= 4 is 11.9 Å². The van der Waals surface area contributed by atoms with Crippen LogP contribution in [0.2, 0.25) is 0 Å². The highest BCUT2D eigenvalue weighted by Crippen LogP contribution is 2.24. The summed E-state index contributed by atoms with van der Waals surface area (Å²) in [6.45, 7) is 2.40. The van der Waals surface area contributed by atoms with Crippen LogP contribution in [0.1, 0.15) is 48.9 Å². The van der Waals surface area contributed by atoms with Gasteiger partial charge in [-0.3, -0.25) is 4.79 Å². The largest absolute Gasteiger partial charge is 0.359 e. The topological polar surface area (TPSA) is 61.4 Å². The van der Waals surface area contributed by atoms with Crippen LogP contribution in [-0.2, 0) is 17.6 Å². The van der Waals surface area contributed by atoms with Crippen molar-refractivity contribution in [3.05, 3.63) is 34.9 Å². The Labute approximate surface area is 138 Å². The molecule has 0 radical (unpaired) electrons. The van der Waals surface area contributed by atoms with Gasteiger partial charge < -0.3 is 15.5 Å². The number of rotatable bonds is 5. The first kappa shape index (κ1) is 17.3. The molecular formula is C18H27N3O2. The summed E-state index contributed by atoms with van der Waals surface area (Å²) in [6.07, 6.45) is 5.14. The molecule has 3 amide bonds. The molecule has 0 heterocycles. The minimum atomic E-state index is -0.154. The minimum absolute atomic E-state index is 0.0443. The molecular weight excluding hydrogens is 290 g/mol. The lowest BCUT2D eigenvalue weighted by Gasteiger charge is -2.23. The molecule has 0 aliphatic heterocycles. The van der Waals surface area contributed by atoms with Gasteiger partial charge >= 0.3 is 6.03 Å². The summed E-state index contributed by atoms with van der Waals surface area (Å²) >= 11 is 0. The van der Waals surface area contributed by atoms with Crippen molar-refractivity contribution in [2.75, 3.05) is 20.6 Å². The van der Waals surface area contributed by atoms with Crippen LogP contribution < -0.4 is 10.6 Å². The summed E-state index contributed by atoms with van der Waals surface area (Å²) < 4.78 is 0. The summed E-state index contributed by atoms with van der Waals surface area (Å²) in [5, 5.41) is 5.56. The number of nitrogens with zero attached hydrogens (tertiary/aromatic N) is 1. The Morgan fingerprint density at radius 3 is 2.61 bits per heavy atom. The van der Waals surface area contributed by atoms with Gasteiger partial charge in [0.2, 0.25) is 5.91 Å². The van der Waals surface area contributed by atoms with E-state index in [0.29, 0.717) is 13.0 Å². The highest BCUT2D eigenvalue weighted by Gasteiger charge is 2.16. The molecule has 5 nitrogen and oxygen atoms in total. The average molecular weight is 317 g/mol. The molecule has 0 saturated heterocycles. The van der Waals surface area contributed by atoms with E-state index in [9.17, 15) is 9.59 Å². The van der Waals surface area contributed by atoms with E-state index in [0.717, 1.165) is 12.0 Å². The van der Waals surface area contributed by atoms with E-state index in [1.807, 2.05) is 6.92 Å². The van der Waals surface area contributed by atoms with E-state index in [1.54, 1.807) is 19.0 Å². The summed E-state index contributed by atoms with van der Waals surface area (Å²) in [5.41, 5.74) is 4.00. The molecule has 0 aromatic heterocycles. The molecule has 0 fully saturated rings. The number of fused-ring (bicyclic) bond motifs is 1. The summed E-state index contributed by atoms with van der Waals surface area (Å²) in [4.78, 5) is 25.0. The Morgan fingerprint density at radius 1 is 1.22 bits per heavy atom. The number of urea groups is 1. The van der Waals surface area contributed by atoms with Gasteiger partial charge in [-0.1, -0.05) is 18.2 Å². The molecule has 126 valence electrons. The Bertz CT molecular complexity index is 571. The molecule has 23 heavy (non-hydrogen) atoms. The van der Waals surface area contributed by atoms with Crippen LogP contribution in [-0.4, -0.2) is 37.5 Å². The normalized spacial score (nSPS) is 14.6. The van der Waals surface area contributed by atoms with Gasteiger partial charge in [0.1, 0.15) is 0 Å². The number of benzene rings is 1. The molecule has 0 saturated carbocycles. The average Bonchev–Trinajstić information content (AvgIpc) is 2.58. The molecule has 0 unspecified atom stereocenters. The fourth-order valence-electron chi connectivity index (χ4n) is 2.90. The predicted octanol–water partition coefficient (Wildman–Crippen LogP) is 2.40. The van der Waals surface area contributed by atoms with Crippen molar-refractivity contribution in [1.82, 2.24) is 15.5 Å². The number of hydrogen-bond acceptors (Lipinski definition) is 2. The molecule has 2 rings (SSSR count). The number of amides is 3. The first-order chi connectivity index (χ1) is 11.0. The second-order valence-electron chi connectivity index (χ2n) is 6.25. The van der Waals surface area contributed by atoms with E-state index in [1.165, 1.54) is 30.4 Å². The molecule has 1 aliphatic rings. The van der Waals surface area contributed by atoms with Crippen LogP contribution in [0.4, 0.5) is 4.79 Å². The van der Waals surface area contributed by atoms with Gasteiger partial charge in [-0.25, -0.2) is 4.79 Å². The predicted molar refractivity (Wildman–Crippen MR) is 91.3 cm³/mol. The second kappa shape index (κ2) is 7.99. The highest BCUT2D eigenvalue weighted by atomic mass is 16.2. The van der Waals surface area contributed by atoms with E-state index < -0.39 is 0 Å². The molecule has 1 atom stereocenters. The first-order valence-corrected chi connectivity index (χ1v) is 8.35. The third kappa shape index (κ3) is 4.71. The first-order valence-electron chi connectivity index (χ1n) is 8.35. The molecule has 1 aromatic rings. The lowest BCUT2D eigenvalue weighted by molar-refractivity contribution is -0.120. The minimum Gasteiger partial charge on any atom is -0.359 e. The van der Waals surface area contributed by atoms with Crippen LogP contribution in [0.15, 0.2) is 18.2 Å². The third-order valence-electron chi connectivity index (χ3n) is 4.51. The Hall–Kier alpha value is -2.04. The second-order valence-corrected chi connectivity index (χ2v) is 6.25. The van der Waals surface area contributed by atoms with E-state index >= 15 is 0 Å². The number of hydrogen-bond donors (Lipinski definition) is 2.